The molecule has 1 aromatic carbocycles. The van der Waals surface area contributed by atoms with E-state index < -0.39 is 0 Å². The molecular weight excluding hydrogens is 432 g/mol. The molecule has 174 valence electrons. The Morgan fingerprint density at radius 3 is 2.38 bits per heavy atom. The monoisotopic (exact) mass is 462 g/mol. The van der Waals surface area contributed by atoms with E-state index in [-0.39, 0.29) is 0 Å². The number of anilines is 1. The number of methoxy groups -OCH3 is 2. The maximum atomic E-state index is 6.12. The molecule has 2 heterocycles. The number of aromatic nitrogens is 2. The fraction of sp³-hybridized carbons (Fsp3) is 0.522. The predicted molar refractivity (Wildman–Crippen MR) is 125 cm³/mol. The number of ether oxygens (including phenoxy) is 3. The van der Waals surface area contributed by atoms with Gasteiger partial charge < -0.3 is 23.9 Å². The Balaban J connectivity index is 1.57. The first-order valence-electron chi connectivity index (χ1n) is 10.9. The largest absolute Gasteiger partial charge is 0.493 e. The lowest BCUT2D eigenvalue weighted by Crippen LogP contribution is -2.34. The maximum absolute atomic E-state index is 6.12. The highest BCUT2D eigenvalue weighted by molar-refractivity contribution is 6.29. The van der Waals surface area contributed by atoms with Gasteiger partial charge in [-0.15, -0.1) is 10.2 Å². The zero-order valence-electron chi connectivity index (χ0n) is 19.1. The van der Waals surface area contributed by atoms with Crippen molar-refractivity contribution in [2.45, 2.75) is 33.1 Å². The molecule has 0 amide bonds. The minimum Gasteiger partial charge on any atom is -0.493 e. The van der Waals surface area contributed by atoms with E-state index in [4.69, 9.17) is 30.6 Å². The first kappa shape index (κ1) is 23.9. The van der Waals surface area contributed by atoms with E-state index in [2.05, 4.69) is 20.3 Å². The van der Waals surface area contributed by atoms with Gasteiger partial charge in [0.1, 0.15) is 6.61 Å². The fourth-order valence-corrected chi connectivity index (χ4v) is 3.80. The first-order valence-corrected chi connectivity index (χ1v) is 11.2. The SMILES string of the molecule is CCO/N=C(/C)c1cc(OC)c(OCCC2CCN(c3ccc(Cl)nn3)CC2)c(OC)c1. The third kappa shape index (κ3) is 6.16. The molecule has 0 atom stereocenters. The molecular formula is C23H31ClN4O4. The van der Waals surface area contributed by atoms with E-state index in [1.54, 1.807) is 20.3 Å². The standard InChI is InChI=1S/C23H31ClN4O4/c1-5-32-27-16(2)18-14-19(29-3)23(20(15-18)30-4)31-13-10-17-8-11-28(12-9-17)22-7-6-21(24)25-26-22/h6-7,14-15,17H,5,8-13H2,1-4H3/b27-16-. The predicted octanol–water partition coefficient (Wildman–Crippen LogP) is 4.59. The number of halogens is 1. The summed E-state index contributed by atoms with van der Waals surface area (Å²) in [5.41, 5.74) is 1.60. The second kappa shape index (κ2) is 11.8. The molecule has 1 aliphatic rings. The van der Waals surface area contributed by atoms with Crippen LogP contribution in [0.5, 0.6) is 17.2 Å². The van der Waals surface area contributed by atoms with Crippen LogP contribution < -0.4 is 19.1 Å². The van der Waals surface area contributed by atoms with Gasteiger partial charge in [0.25, 0.3) is 0 Å². The van der Waals surface area contributed by atoms with Gasteiger partial charge in [0.2, 0.25) is 5.75 Å². The molecule has 2 aromatic rings. The van der Waals surface area contributed by atoms with Crippen molar-refractivity contribution < 1.29 is 19.0 Å². The van der Waals surface area contributed by atoms with Gasteiger partial charge >= 0.3 is 0 Å². The van der Waals surface area contributed by atoms with E-state index in [0.29, 0.717) is 41.5 Å². The van der Waals surface area contributed by atoms with Crippen molar-refractivity contribution in [2.24, 2.45) is 11.1 Å². The fourth-order valence-electron chi connectivity index (χ4n) is 3.70. The normalized spacial score (nSPS) is 14.9. The molecule has 9 heteroatoms. The van der Waals surface area contributed by atoms with Crippen molar-refractivity contribution >= 4 is 23.1 Å². The van der Waals surface area contributed by atoms with Crippen LogP contribution >= 0.6 is 11.6 Å². The van der Waals surface area contributed by atoms with Crippen molar-refractivity contribution in [3.63, 3.8) is 0 Å². The summed E-state index contributed by atoms with van der Waals surface area (Å²) in [6.07, 6.45) is 3.11. The lowest BCUT2D eigenvalue weighted by molar-refractivity contribution is 0.159. The molecule has 0 N–H and O–H groups in total. The Morgan fingerprint density at radius 2 is 1.81 bits per heavy atom. The quantitative estimate of drug-likeness (QED) is 0.377. The number of piperidine rings is 1. The minimum atomic E-state index is 0.413. The van der Waals surface area contributed by atoms with Gasteiger partial charge in [0.15, 0.2) is 22.5 Å². The van der Waals surface area contributed by atoms with Crippen molar-refractivity contribution in [3.8, 4) is 17.2 Å². The molecule has 1 aliphatic heterocycles. The average molecular weight is 463 g/mol. The Morgan fingerprint density at radius 1 is 1.12 bits per heavy atom. The van der Waals surface area contributed by atoms with Gasteiger partial charge in [-0.25, -0.2) is 0 Å². The Hall–Kier alpha value is -2.74. The molecule has 1 saturated heterocycles. The van der Waals surface area contributed by atoms with Crippen LogP contribution in [0.2, 0.25) is 5.15 Å². The summed E-state index contributed by atoms with van der Waals surface area (Å²) in [5.74, 6) is 3.30. The number of rotatable bonds is 10. The van der Waals surface area contributed by atoms with Gasteiger partial charge in [-0.2, -0.15) is 0 Å². The van der Waals surface area contributed by atoms with Crippen molar-refractivity contribution in [1.29, 1.82) is 0 Å². The number of hydrogen-bond acceptors (Lipinski definition) is 8. The van der Waals surface area contributed by atoms with Crippen LogP contribution in [0.4, 0.5) is 5.82 Å². The molecule has 0 aliphatic carbocycles. The van der Waals surface area contributed by atoms with Crippen LogP contribution in [0.25, 0.3) is 0 Å². The van der Waals surface area contributed by atoms with Crippen LogP contribution in [0.3, 0.4) is 0 Å². The Kier molecular flexibility index (Phi) is 8.79. The van der Waals surface area contributed by atoms with Crippen molar-refractivity contribution in [1.82, 2.24) is 10.2 Å². The molecule has 0 bridgehead atoms. The summed E-state index contributed by atoms with van der Waals surface area (Å²) in [7, 11) is 3.24. The van der Waals surface area contributed by atoms with Crippen molar-refractivity contribution in [3.05, 3.63) is 35.0 Å². The topological polar surface area (TPSA) is 78.3 Å². The number of nitrogens with zero attached hydrogens (tertiary/aromatic N) is 4. The lowest BCUT2D eigenvalue weighted by Gasteiger charge is -2.32. The van der Waals surface area contributed by atoms with E-state index in [1.807, 2.05) is 32.0 Å². The molecule has 0 spiro atoms. The smallest absolute Gasteiger partial charge is 0.203 e. The van der Waals surface area contributed by atoms with Crippen molar-refractivity contribution in [2.75, 3.05) is 45.4 Å². The summed E-state index contributed by atoms with van der Waals surface area (Å²) in [4.78, 5) is 7.41. The third-order valence-corrected chi connectivity index (χ3v) is 5.74. The van der Waals surface area contributed by atoms with E-state index >= 15 is 0 Å². The number of oxime groups is 1. The van der Waals surface area contributed by atoms with Gasteiger partial charge in [-0.1, -0.05) is 16.8 Å². The summed E-state index contributed by atoms with van der Waals surface area (Å²) in [5, 5.41) is 12.6. The molecule has 1 fully saturated rings. The van der Waals surface area contributed by atoms with E-state index in [9.17, 15) is 0 Å². The van der Waals surface area contributed by atoms with Gasteiger partial charge in [-0.3, -0.25) is 0 Å². The molecule has 32 heavy (non-hydrogen) atoms. The van der Waals surface area contributed by atoms with Gasteiger partial charge in [-0.05, 0) is 63.3 Å². The van der Waals surface area contributed by atoms with Crippen LogP contribution in [0.15, 0.2) is 29.4 Å². The lowest BCUT2D eigenvalue weighted by atomic mass is 9.94. The third-order valence-electron chi connectivity index (χ3n) is 5.54. The maximum Gasteiger partial charge on any atom is 0.203 e. The first-order chi connectivity index (χ1) is 15.5. The molecule has 8 nitrogen and oxygen atoms in total. The summed E-state index contributed by atoms with van der Waals surface area (Å²) >= 11 is 5.83. The molecule has 0 saturated carbocycles. The van der Waals surface area contributed by atoms with Crippen LogP contribution in [-0.4, -0.2) is 56.4 Å². The van der Waals surface area contributed by atoms with Crippen LogP contribution in [0, 0.1) is 5.92 Å². The molecule has 3 rings (SSSR count). The second-order valence-electron chi connectivity index (χ2n) is 7.59. The van der Waals surface area contributed by atoms with E-state index in [1.165, 1.54) is 0 Å². The Bertz CT molecular complexity index is 874. The molecule has 0 unspecified atom stereocenters. The highest BCUT2D eigenvalue weighted by Gasteiger charge is 2.21. The van der Waals surface area contributed by atoms with Crippen LogP contribution in [-0.2, 0) is 4.84 Å². The zero-order chi connectivity index (χ0) is 22.9. The van der Waals surface area contributed by atoms with Gasteiger partial charge in [0, 0.05) is 18.7 Å². The summed E-state index contributed by atoms with van der Waals surface area (Å²) < 4.78 is 17.3. The second-order valence-corrected chi connectivity index (χ2v) is 7.97. The average Bonchev–Trinajstić information content (AvgIpc) is 2.83. The summed E-state index contributed by atoms with van der Waals surface area (Å²) in [6.45, 7) is 6.76. The van der Waals surface area contributed by atoms with Gasteiger partial charge in [0.05, 0.1) is 26.5 Å². The van der Waals surface area contributed by atoms with E-state index in [0.717, 1.165) is 49.4 Å². The highest BCUT2D eigenvalue weighted by atomic mass is 35.5. The van der Waals surface area contributed by atoms with Crippen LogP contribution in [0.1, 0.15) is 38.7 Å². The number of hydrogen-bond donors (Lipinski definition) is 0. The molecule has 0 radical (unpaired) electrons. The Labute approximate surface area is 194 Å². The number of benzene rings is 1. The highest BCUT2D eigenvalue weighted by Crippen LogP contribution is 2.39. The minimum absolute atomic E-state index is 0.413. The summed E-state index contributed by atoms with van der Waals surface area (Å²) in [6, 6.07) is 7.48. The zero-order valence-corrected chi connectivity index (χ0v) is 19.9. The molecule has 1 aromatic heterocycles.